The highest BCUT2D eigenvalue weighted by atomic mass is 19.4. The molecule has 2 aliphatic rings. The number of alkyl halides is 3. The monoisotopic (exact) mass is 560 g/mol. The molecule has 2 aromatic heterocycles. The molecule has 1 aromatic carbocycles. The Morgan fingerprint density at radius 2 is 1.73 bits per heavy atom. The minimum Gasteiger partial charge on any atom is -0.444 e. The number of rotatable bonds is 4. The normalized spacial score (nSPS) is 18.8. The minimum atomic E-state index is -4.46. The average Bonchev–Trinajstić information content (AvgIpc) is 3.23. The first-order chi connectivity index (χ1) is 18.9. The van der Waals surface area contributed by atoms with Gasteiger partial charge in [0.1, 0.15) is 5.60 Å². The highest BCUT2D eigenvalue weighted by molar-refractivity contribution is 5.83. The summed E-state index contributed by atoms with van der Waals surface area (Å²) in [6.45, 7) is 9.63. The molecule has 5 rings (SSSR count). The van der Waals surface area contributed by atoms with Crippen molar-refractivity contribution in [2.24, 2.45) is 7.05 Å². The van der Waals surface area contributed by atoms with Crippen molar-refractivity contribution in [3.63, 3.8) is 0 Å². The molecule has 0 saturated carbocycles. The maximum Gasteiger partial charge on any atom is 0.419 e. The number of piperidine rings is 1. The van der Waals surface area contributed by atoms with Crippen LogP contribution in [0.1, 0.15) is 39.2 Å². The number of imidazole rings is 1. The van der Waals surface area contributed by atoms with Gasteiger partial charge in [-0.15, -0.1) is 0 Å². The van der Waals surface area contributed by atoms with Crippen LogP contribution in [0, 0.1) is 0 Å². The fourth-order valence-corrected chi connectivity index (χ4v) is 5.14. The molecular weight excluding hydrogens is 525 g/mol. The number of hydrogen-bond donors (Lipinski definition) is 1. The van der Waals surface area contributed by atoms with E-state index < -0.39 is 17.3 Å². The summed E-state index contributed by atoms with van der Waals surface area (Å²) in [5, 5.41) is 3.18. The van der Waals surface area contributed by atoms with Gasteiger partial charge < -0.3 is 29.3 Å². The first kappa shape index (κ1) is 27.8. The van der Waals surface area contributed by atoms with Crippen LogP contribution in [0.15, 0.2) is 30.6 Å². The SMILES string of the molecule is Cn1c(N2CCC[C@@H](Nc3ncc(C(F)(F)F)cn3)C2)nc2cc(N3CCN(C(=O)OC(C)(C)C)CC3)ccc21. The zero-order valence-corrected chi connectivity index (χ0v) is 23.2. The molecule has 2 fully saturated rings. The number of ether oxygens (including phenoxy) is 1. The molecular formula is C27H35F3N8O2. The largest absolute Gasteiger partial charge is 0.444 e. The Balaban J connectivity index is 1.24. The van der Waals surface area contributed by atoms with Crippen molar-refractivity contribution >= 4 is 34.7 Å². The summed E-state index contributed by atoms with van der Waals surface area (Å²) < 4.78 is 46.1. The Labute approximate surface area is 231 Å². The van der Waals surface area contributed by atoms with Gasteiger partial charge in [0.2, 0.25) is 11.9 Å². The quantitative estimate of drug-likeness (QED) is 0.498. The zero-order valence-electron chi connectivity index (χ0n) is 23.2. The third kappa shape index (κ3) is 6.18. The molecule has 10 nitrogen and oxygen atoms in total. The number of piperazine rings is 1. The third-order valence-electron chi connectivity index (χ3n) is 7.15. The number of nitrogens with zero attached hydrogens (tertiary/aromatic N) is 7. The molecule has 4 heterocycles. The lowest BCUT2D eigenvalue weighted by Gasteiger charge is -2.36. The van der Waals surface area contributed by atoms with Gasteiger partial charge in [0.15, 0.2) is 0 Å². The fourth-order valence-electron chi connectivity index (χ4n) is 5.14. The number of fused-ring (bicyclic) bond motifs is 1. The number of carbonyl (C=O) groups excluding carboxylic acids is 1. The molecule has 0 aliphatic carbocycles. The van der Waals surface area contributed by atoms with E-state index in [1.54, 1.807) is 4.90 Å². The maximum absolute atomic E-state index is 12.8. The Morgan fingerprint density at radius 3 is 2.38 bits per heavy atom. The number of benzene rings is 1. The lowest BCUT2D eigenvalue weighted by Crippen LogP contribution is -2.50. The number of amides is 1. The topological polar surface area (TPSA) is 91.7 Å². The van der Waals surface area contributed by atoms with Gasteiger partial charge >= 0.3 is 12.3 Å². The number of carbonyl (C=O) groups is 1. The molecule has 13 heteroatoms. The van der Waals surface area contributed by atoms with Gasteiger partial charge in [-0.1, -0.05) is 0 Å². The summed E-state index contributed by atoms with van der Waals surface area (Å²) in [6.07, 6.45) is -1.39. The van der Waals surface area contributed by atoms with Crippen molar-refractivity contribution in [1.82, 2.24) is 24.4 Å². The number of anilines is 3. The van der Waals surface area contributed by atoms with Crippen LogP contribution in [-0.4, -0.2) is 81.4 Å². The summed E-state index contributed by atoms with van der Waals surface area (Å²) in [6, 6.07) is 6.20. The molecule has 0 bridgehead atoms. The van der Waals surface area contributed by atoms with Crippen LogP contribution in [0.3, 0.4) is 0 Å². The van der Waals surface area contributed by atoms with Crippen molar-refractivity contribution < 1.29 is 22.7 Å². The van der Waals surface area contributed by atoms with Gasteiger partial charge in [-0.05, 0) is 51.8 Å². The summed E-state index contributed by atoms with van der Waals surface area (Å²) in [7, 11) is 1.99. The second-order valence-electron chi connectivity index (χ2n) is 11.3. The second kappa shape index (κ2) is 10.7. The molecule has 2 saturated heterocycles. The van der Waals surface area contributed by atoms with Crippen molar-refractivity contribution in [2.75, 3.05) is 54.4 Å². The van der Waals surface area contributed by atoms with Gasteiger partial charge in [-0.3, -0.25) is 0 Å². The van der Waals surface area contributed by atoms with E-state index in [1.165, 1.54) is 0 Å². The van der Waals surface area contributed by atoms with Crippen molar-refractivity contribution in [3.05, 3.63) is 36.2 Å². The number of halogens is 3. The van der Waals surface area contributed by atoms with Crippen LogP contribution in [0.2, 0.25) is 0 Å². The van der Waals surface area contributed by atoms with Gasteiger partial charge in [-0.25, -0.2) is 19.7 Å². The molecule has 1 N–H and O–H groups in total. The van der Waals surface area contributed by atoms with Crippen LogP contribution in [0.25, 0.3) is 11.0 Å². The van der Waals surface area contributed by atoms with Crippen LogP contribution in [0.4, 0.5) is 35.5 Å². The first-order valence-corrected chi connectivity index (χ1v) is 13.5. The highest BCUT2D eigenvalue weighted by Gasteiger charge is 2.32. The lowest BCUT2D eigenvalue weighted by molar-refractivity contribution is -0.138. The highest BCUT2D eigenvalue weighted by Crippen LogP contribution is 2.30. The molecule has 0 radical (unpaired) electrons. The number of nitrogens with one attached hydrogen (secondary N) is 1. The van der Waals surface area contributed by atoms with Crippen molar-refractivity contribution in [2.45, 2.75) is 51.4 Å². The predicted molar refractivity (Wildman–Crippen MR) is 147 cm³/mol. The van der Waals surface area contributed by atoms with E-state index in [1.807, 2.05) is 27.8 Å². The van der Waals surface area contributed by atoms with Crippen LogP contribution in [0.5, 0.6) is 0 Å². The molecule has 2 aliphatic heterocycles. The predicted octanol–water partition coefficient (Wildman–Crippen LogP) is 4.52. The van der Waals surface area contributed by atoms with E-state index in [2.05, 4.69) is 47.9 Å². The van der Waals surface area contributed by atoms with E-state index in [9.17, 15) is 18.0 Å². The van der Waals surface area contributed by atoms with Gasteiger partial charge in [0, 0.05) is 70.4 Å². The van der Waals surface area contributed by atoms with E-state index in [0.29, 0.717) is 32.7 Å². The summed E-state index contributed by atoms with van der Waals surface area (Å²) >= 11 is 0. The fraction of sp³-hybridized carbons (Fsp3) is 0.556. The van der Waals surface area contributed by atoms with Gasteiger partial charge in [0.25, 0.3) is 0 Å². The van der Waals surface area contributed by atoms with E-state index in [4.69, 9.17) is 9.72 Å². The second-order valence-corrected chi connectivity index (χ2v) is 11.3. The number of aryl methyl sites for hydroxylation is 1. The molecule has 0 spiro atoms. The van der Waals surface area contributed by atoms with Crippen molar-refractivity contribution in [1.29, 1.82) is 0 Å². The molecule has 216 valence electrons. The van der Waals surface area contributed by atoms with Crippen LogP contribution in [-0.2, 0) is 18.0 Å². The van der Waals surface area contributed by atoms with Crippen LogP contribution < -0.4 is 15.1 Å². The Morgan fingerprint density at radius 1 is 1.02 bits per heavy atom. The maximum atomic E-state index is 12.8. The smallest absolute Gasteiger partial charge is 0.419 e. The summed E-state index contributed by atoms with van der Waals surface area (Å²) in [4.78, 5) is 31.3. The van der Waals surface area contributed by atoms with E-state index in [-0.39, 0.29) is 18.1 Å². The zero-order chi connectivity index (χ0) is 28.7. The summed E-state index contributed by atoms with van der Waals surface area (Å²) in [5.74, 6) is 1.02. The molecule has 1 amide bonds. The number of hydrogen-bond acceptors (Lipinski definition) is 8. The molecule has 1 atom stereocenters. The van der Waals surface area contributed by atoms with Crippen molar-refractivity contribution in [3.8, 4) is 0 Å². The third-order valence-corrected chi connectivity index (χ3v) is 7.15. The molecule has 3 aromatic rings. The number of aromatic nitrogens is 4. The Kier molecular flexibility index (Phi) is 7.40. The first-order valence-electron chi connectivity index (χ1n) is 13.5. The molecule has 0 unspecified atom stereocenters. The van der Waals surface area contributed by atoms with E-state index in [0.717, 1.165) is 54.4 Å². The van der Waals surface area contributed by atoms with E-state index >= 15 is 0 Å². The van der Waals surface area contributed by atoms with Crippen LogP contribution >= 0.6 is 0 Å². The Hall–Kier alpha value is -3.77. The standard InChI is InChI=1S/C27H35F3N8O2/c1-26(2,3)40-25(39)37-12-10-36(11-13-37)20-7-8-22-21(14-20)34-24(35(22)4)38-9-5-6-19(17-38)33-23-31-15-18(16-32-23)27(28,29)30/h7-8,14-16,19H,5-6,9-13,17H2,1-4H3,(H,31,32,33)/t19-/m1/s1. The average molecular weight is 561 g/mol. The minimum absolute atomic E-state index is 0.0258. The van der Waals surface area contributed by atoms with Gasteiger partial charge in [-0.2, -0.15) is 13.2 Å². The molecule has 40 heavy (non-hydrogen) atoms. The van der Waals surface area contributed by atoms with Gasteiger partial charge in [0.05, 0.1) is 16.6 Å². The lowest BCUT2D eigenvalue weighted by atomic mass is 10.1. The summed E-state index contributed by atoms with van der Waals surface area (Å²) in [5.41, 5.74) is 1.56. The Bertz CT molecular complexity index is 1340.